The number of carbonyl (C=O) groups excluding carboxylic acids is 3. The van der Waals surface area contributed by atoms with E-state index in [1.165, 1.54) is 46.3 Å². The molecule has 6 heteroatoms. The van der Waals surface area contributed by atoms with Crippen LogP contribution in [0.4, 0.5) is 0 Å². The normalized spacial score (nSPS) is 13.0. The number of rotatable bonds is 14. The van der Waals surface area contributed by atoms with Crippen molar-refractivity contribution in [3.05, 3.63) is 0 Å². The van der Waals surface area contributed by atoms with E-state index >= 15 is 0 Å². The minimum absolute atomic E-state index is 0.217. The van der Waals surface area contributed by atoms with Gasteiger partial charge in [-0.15, -0.1) is 0 Å². The van der Waals surface area contributed by atoms with E-state index in [2.05, 4.69) is 28.6 Å². The van der Waals surface area contributed by atoms with Crippen LogP contribution in [-0.4, -0.2) is 38.1 Å². The second-order valence-electron chi connectivity index (χ2n) is 6.60. The van der Waals surface area contributed by atoms with Crippen molar-refractivity contribution in [1.29, 1.82) is 0 Å². The first kappa shape index (κ1) is 23.4. The lowest BCUT2D eigenvalue weighted by molar-refractivity contribution is -0.150. The Hall–Kier alpha value is -1.59. The second-order valence-corrected chi connectivity index (χ2v) is 6.60. The molecular formula is C19H35NO5. The minimum atomic E-state index is -0.981. The summed E-state index contributed by atoms with van der Waals surface area (Å²) in [5.74, 6) is -0.624. The Labute approximate surface area is 152 Å². The number of esters is 2. The van der Waals surface area contributed by atoms with Gasteiger partial charge in [0.1, 0.15) is 6.04 Å². The van der Waals surface area contributed by atoms with Crippen molar-refractivity contribution in [1.82, 2.24) is 5.32 Å². The Bertz CT molecular complexity index is 397. The van der Waals surface area contributed by atoms with Gasteiger partial charge < -0.3 is 14.8 Å². The van der Waals surface area contributed by atoms with Crippen LogP contribution in [0.1, 0.15) is 78.1 Å². The predicted molar refractivity (Wildman–Crippen MR) is 97.0 cm³/mol. The van der Waals surface area contributed by atoms with Crippen LogP contribution in [0.2, 0.25) is 0 Å². The third kappa shape index (κ3) is 12.4. The quantitative estimate of drug-likeness (QED) is 0.381. The first-order chi connectivity index (χ1) is 11.9. The van der Waals surface area contributed by atoms with Gasteiger partial charge in [0, 0.05) is 6.42 Å². The van der Waals surface area contributed by atoms with Gasteiger partial charge in [-0.3, -0.25) is 9.59 Å². The predicted octanol–water partition coefficient (Wildman–Crippen LogP) is 3.37. The van der Waals surface area contributed by atoms with E-state index in [0.717, 1.165) is 25.2 Å². The van der Waals surface area contributed by atoms with Crippen LogP contribution in [0.3, 0.4) is 0 Å². The Kier molecular flexibility index (Phi) is 13.8. The Morgan fingerprint density at radius 1 is 0.920 bits per heavy atom. The molecule has 0 radical (unpaired) electrons. The molecule has 0 rings (SSSR count). The summed E-state index contributed by atoms with van der Waals surface area (Å²) in [6.07, 6.45) is 9.31. The van der Waals surface area contributed by atoms with Crippen molar-refractivity contribution < 1.29 is 23.9 Å². The molecule has 0 aromatic rings. The zero-order valence-corrected chi connectivity index (χ0v) is 16.3. The van der Waals surface area contributed by atoms with Crippen LogP contribution >= 0.6 is 0 Å². The Morgan fingerprint density at radius 2 is 1.52 bits per heavy atom. The summed E-state index contributed by atoms with van der Waals surface area (Å²) in [4.78, 5) is 34.8. The molecule has 0 aromatic heterocycles. The van der Waals surface area contributed by atoms with E-state index in [9.17, 15) is 14.4 Å². The minimum Gasteiger partial charge on any atom is -0.469 e. The van der Waals surface area contributed by atoms with Gasteiger partial charge in [0.15, 0.2) is 0 Å². The molecule has 0 saturated heterocycles. The number of carbonyl (C=O) groups is 3. The number of amides is 1. The molecule has 0 spiro atoms. The molecule has 0 aromatic carbocycles. The van der Waals surface area contributed by atoms with E-state index in [1.807, 2.05) is 0 Å². The molecular weight excluding hydrogens is 322 g/mol. The fraction of sp³-hybridized carbons (Fsp3) is 0.842. The molecule has 0 aliphatic heterocycles. The molecule has 1 amide bonds. The van der Waals surface area contributed by atoms with Crippen LogP contribution in [0.25, 0.3) is 0 Å². The number of ether oxygens (including phenoxy) is 2. The van der Waals surface area contributed by atoms with Crippen LogP contribution in [0.15, 0.2) is 0 Å². The highest BCUT2D eigenvalue weighted by Crippen LogP contribution is 2.14. The van der Waals surface area contributed by atoms with Crippen LogP contribution in [0.5, 0.6) is 0 Å². The highest BCUT2D eigenvalue weighted by Gasteiger charge is 2.24. The monoisotopic (exact) mass is 357 g/mol. The fourth-order valence-electron chi connectivity index (χ4n) is 2.54. The van der Waals surface area contributed by atoms with Crippen LogP contribution < -0.4 is 5.32 Å². The molecule has 0 aliphatic carbocycles. The molecule has 0 bridgehead atoms. The fourth-order valence-corrected chi connectivity index (χ4v) is 2.54. The maximum Gasteiger partial charge on any atom is 0.328 e. The first-order valence-electron chi connectivity index (χ1n) is 9.38. The standard InChI is InChI=1S/C19H35NO5/c1-5-15(2)12-10-8-6-7-9-11-13-17(21)20-16(19(23)25-4)14-18(22)24-3/h15-16H,5-14H2,1-4H3,(H,20,21)/t15-,16-/m1/s1. The van der Waals surface area contributed by atoms with Crippen molar-refractivity contribution in [3.63, 3.8) is 0 Å². The summed E-state index contributed by atoms with van der Waals surface area (Å²) >= 11 is 0. The highest BCUT2D eigenvalue weighted by molar-refractivity contribution is 5.87. The Balaban J connectivity index is 3.85. The van der Waals surface area contributed by atoms with E-state index < -0.39 is 18.0 Å². The average molecular weight is 357 g/mol. The van der Waals surface area contributed by atoms with Crippen molar-refractivity contribution >= 4 is 17.8 Å². The molecule has 0 saturated carbocycles. The van der Waals surface area contributed by atoms with Gasteiger partial charge in [-0.1, -0.05) is 58.8 Å². The third-order valence-electron chi connectivity index (χ3n) is 4.47. The molecule has 25 heavy (non-hydrogen) atoms. The lowest BCUT2D eigenvalue weighted by atomic mass is 10.00. The van der Waals surface area contributed by atoms with Gasteiger partial charge in [-0.2, -0.15) is 0 Å². The van der Waals surface area contributed by atoms with Gasteiger partial charge in [0.25, 0.3) is 0 Å². The second kappa shape index (κ2) is 14.7. The average Bonchev–Trinajstić information content (AvgIpc) is 2.61. The Morgan fingerprint density at radius 3 is 2.08 bits per heavy atom. The lowest BCUT2D eigenvalue weighted by Crippen LogP contribution is -2.43. The van der Waals surface area contributed by atoms with Gasteiger partial charge in [-0.05, 0) is 12.3 Å². The number of nitrogens with one attached hydrogen (secondary N) is 1. The number of methoxy groups -OCH3 is 2. The zero-order chi connectivity index (χ0) is 19.1. The summed E-state index contributed by atoms with van der Waals surface area (Å²) in [6, 6.07) is -0.981. The van der Waals surface area contributed by atoms with Gasteiger partial charge in [0.2, 0.25) is 5.91 Å². The molecule has 0 unspecified atom stereocenters. The summed E-state index contributed by atoms with van der Waals surface area (Å²) in [5.41, 5.74) is 0. The van der Waals surface area contributed by atoms with E-state index in [0.29, 0.717) is 6.42 Å². The summed E-state index contributed by atoms with van der Waals surface area (Å²) < 4.78 is 9.13. The van der Waals surface area contributed by atoms with E-state index in [1.54, 1.807) is 0 Å². The molecule has 6 nitrogen and oxygen atoms in total. The maximum absolute atomic E-state index is 11.9. The van der Waals surface area contributed by atoms with Crippen LogP contribution in [-0.2, 0) is 23.9 Å². The van der Waals surface area contributed by atoms with Gasteiger partial charge in [0.05, 0.1) is 20.6 Å². The molecule has 1 N–H and O–H groups in total. The van der Waals surface area contributed by atoms with Crippen molar-refractivity contribution in [2.45, 2.75) is 84.1 Å². The number of hydrogen-bond acceptors (Lipinski definition) is 5. The number of hydrogen-bond donors (Lipinski definition) is 1. The van der Waals surface area contributed by atoms with Crippen molar-refractivity contribution in [2.24, 2.45) is 5.92 Å². The smallest absolute Gasteiger partial charge is 0.328 e. The van der Waals surface area contributed by atoms with Crippen LogP contribution in [0, 0.1) is 5.92 Å². The zero-order valence-electron chi connectivity index (χ0n) is 16.3. The van der Waals surface area contributed by atoms with Gasteiger partial charge >= 0.3 is 11.9 Å². The van der Waals surface area contributed by atoms with Crippen molar-refractivity contribution in [3.8, 4) is 0 Å². The molecule has 0 fully saturated rings. The number of unbranched alkanes of at least 4 members (excludes halogenated alkanes) is 5. The topological polar surface area (TPSA) is 81.7 Å². The summed E-state index contributed by atoms with van der Waals surface area (Å²) in [6.45, 7) is 4.52. The SMILES string of the molecule is CC[C@@H](C)CCCCCCCCC(=O)N[C@H](CC(=O)OC)C(=O)OC. The van der Waals surface area contributed by atoms with Gasteiger partial charge in [-0.25, -0.2) is 4.79 Å². The third-order valence-corrected chi connectivity index (χ3v) is 4.47. The van der Waals surface area contributed by atoms with Crippen molar-refractivity contribution in [2.75, 3.05) is 14.2 Å². The van der Waals surface area contributed by atoms with E-state index in [-0.39, 0.29) is 12.3 Å². The molecule has 2 atom stereocenters. The summed E-state index contributed by atoms with van der Waals surface area (Å²) in [5, 5.41) is 2.55. The molecule has 0 heterocycles. The largest absolute Gasteiger partial charge is 0.469 e. The summed E-state index contributed by atoms with van der Waals surface area (Å²) in [7, 11) is 2.46. The molecule has 146 valence electrons. The first-order valence-corrected chi connectivity index (χ1v) is 9.38. The highest BCUT2D eigenvalue weighted by atomic mass is 16.5. The molecule has 0 aliphatic rings. The lowest BCUT2D eigenvalue weighted by Gasteiger charge is -2.15. The van der Waals surface area contributed by atoms with E-state index in [4.69, 9.17) is 0 Å². The maximum atomic E-state index is 11.9.